The largest absolute Gasteiger partial charge is 0.451 e. The molecule has 1 heterocycles. The number of furan rings is 1. The molecule has 1 aromatic heterocycles. The summed E-state index contributed by atoms with van der Waals surface area (Å²) in [5, 5.41) is 13.6. The standard InChI is InChI=1S/C16H18BrNO3/c1-8-10-6-9(17)4-5-11(10)21-14(8)15(20)18-12-7-13(19)16(12,2)3/h4-6,12-13,19H,7H2,1-3H3,(H,18,20). The van der Waals surface area contributed by atoms with Gasteiger partial charge in [-0.3, -0.25) is 4.79 Å². The maximum Gasteiger partial charge on any atom is 0.287 e. The van der Waals surface area contributed by atoms with E-state index in [1.165, 1.54) is 0 Å². The molecule has 2 aromatic rings. The molecule has 1 aliphatic rings. The van der Waals surface area contributed by atoms with E-state index in [0.29, 0.717) is 17.8 Å². The minimum atomic E-state index is -0.365. The second kappa shape index (κ2) is 4.85. The number of hydrogen-bond acceptors (Lipinski definition) is 3. The summed E-state index contributed by atoms with van der Waals surface area (Å²) in [6, 6.07) is 5.65. The SMILES string of the molecule is Cc1c(C(=O)NC2CC(O)C2(C)C)oc2ccc(Br)cc12. The van der Waals surface area contributed by atoms with Gasteiger partial charge in [-0.2, -0.15) is 0 Å². The van der Waals surface area contributed by atoms with Gasteiger partial charge in [0.05, 0.1) is 6.10 Å². The lowest BCUT2D eigenvalue weighted by atomic mass is 9.64. The van der Waals surface area contributed by atoms with Gasteiger partial charge >= 0.3 is 0 Å². The van der Waals surface area contributed by atoms with Crippen molar-refractivity contribution < 1.29 is 14.3 Å². The van der Waals surface area contributed by atoms with E-state index in [-0.39, 0.29) is 23.5 Å². The van der Waals surface area contributed by atoms with Crippen molar-refractivity contribution in [1.82, 2.24) is 5.32 Å². The molecule has 2 N–H and O–H groups in total. The molecule has 1 aromatic carbocycles. The molecule has 0 saturated heterocycles. The molecule has 5 heteroatoms. The van der Waals surface area contributed by atoms with Crippen molar-refractivity contribution >= 4 is 32.8 Å². The number of benzene rings is 1. The Morgan fingerprint density at radius 2 is 2.19 bits per heavy atom. The van der Waals surface area contributed by atoms with Gasteiger partial charge in [-0.05, 0) is 31.5 Å². The number of halogens is 1. The molecule has 1 aliphatic carbocycles. The highest BCUT2D eigenvalue weighted by Gasteiger charge is 2.48. The average molecular weight is 352 g/mol. The van der Waals surface area contributed by atoms with Crippen LogP contribution in [0.25, 0.3) is 11.0 Å². The Hall–Kier alpha value is -1.33. The Balaban J connectivity index is 1.87. The second-order valence-corrected chi connectivity index (χ2v) is 7.21. The molecule has 0 bridgehead atoms. The minimum absolute atomic E-state index is 0.0284. The summed E-state index contributed by atoms with van der Waals surface area (Å²) >= 11 is 3.42. The Bertz CT molecular complexity index is 720. The van der Waals surface area contributed by atoms with E-state index in [2.05, 4.69) is 21.2 Å². The first-order valence-electron chi connectivity index (χ1n) is 6.98. The zero-order valence-corrected chi connectivity index (χ0v) is 13.8. The third-order valence-electron chi connectivity index (χ3n) is 4.63. The molecule has 2 atom stereocenters. The van der Waals surface area contributed by atoms with E-state index < -0.39 is 0 Å². The molecule has 0 aliphatic heterocycles. The molecule has 3 rings (SSSR count). The van der Waals surface area contributed by atoms with Gasteiger partial charge in [-0.15, -0.1) is 0 Å². The van der Waals surface area contributed by atoms with Crippen LogP contribution in [0.4, 0.5) is 0 Å². The number of aliphatic hydroxyl groups is 1. The number of nitrogens with one attached hydrogen (secondary N) is 1. The van der Waals surface area contributed by atoms with E-state index in [0.717, 1.165) is 15.4 Å². The Kier molecular flexibility index (Phi) is 3.37. The van der Waals surface area contributed by atoms with Crippen LogP contribution >= 0.6 is 15.9 Å². The zero-order chi connectivity index (χ0) is 15.4. The molecular weight excluding hydrogens is 334 g/mol. The van der Waals surface area contributed by atoms with Crippen LogP contribution in [0.1, 0.15) is 36.4 Å². The summed E-state index contributed by atoms with van der Waals surface area (Å²) in [4.78, 5) is 12.4. The number of carbonyl (C=O) groups excluding carboxylic acids is 1. The summed E-state index contributed by atoms with van der Waals surface area (Å²) in [7, 11) is 0. The lowest BCUT2D eigenvalue weighted by molar-refractivity contribution is -0.0691. The summed E-state index contributed by atoms with van der Waals surface area (Å²) in [6.45, 7) is 5.79. The molecule has 0 radical (unpaired) electrons. The van der Waals surface area contributed by atoms with Crippen LogP contribution in [0.3, 0.4) is 0 Å². The highest BCUT2D eigenvalue weighted by Crippen LogP contribution is 2.40. The van der Waals surface area contributed by atoms with Crippen molar-refractivity contribution in [2.75, 3.05) is 0 Å². The monoisotopic (exact) mass is 351 g/mol. The lowest BCUT2D eigenvalue weighted by Gasteiger charge is -2.49. The van der Waals surface area contributed by atoms with Crippen LogP contribution in [0.5, 0.6) is 0 Å². The van der Waals surface area contributed by atoms with E-state index in [9.17, 15) is 9.90 Å². The molecule has 0 spiro atoms. The van der Waals surface area contributed by atoms with E-state index in [1.807, 2.05) is 39.0 Å². The molecule has 1 fully saturated rings. The molecule has 21 heavy (non-hydrogen) atoms. The lowest BCUT2D eigenvalue weighted by Crippen LogP contribution is -2.61. The van der Waals surface area contributed by atoms with Gasteiger partial charge < -0.3 is 14.8 Å². The predicted octanol–water partition coefficient (Wildman–Crippen LogP) is 3.39. The smallest absolute Gasteiger partial charge is 0.287 e. The first kappa shape index (κ1) is 14.6. The summed E-state index contributed by atoms with van der Waals surface area (Å²) in [5.74, 6) is 0.130. The molecule has 1 saturated carbocycles. The normalized spacial score (nSPS) is 23.9. The fourth-order valence-corrected chi connectivity index (χ4v) is 3.14. The van der Waals surface area contributed by atoms with Gasteiger partial charge in [0.1, 0.15) is 5.58 Å². The fraction of sp³-hybridized carbons (Fsp3) is 0.438. The first-order valence-corrected chi connectivity index (χ1v) is 7.77. The van der Waals surface area contributed by atoms with Crippen LogP contribution in [-0.2, 0) is 0 Å². The maximum absolute atomic E-state index is 12.4. The Labute approximate surface area is 131 Å². The molecule has 112 valence electrons. The van der Waals surface area contributed by atoms with Gasteiger partial charge in [0.2, 0.25) is 0 Å². The second-order valence-electron chi connectivity index (χ2n) is 6.30. The third kappa shape index (κ3) is 2.28. The van der Waals surface area contributed by atoms with Crippen LogP contribution in [-0.4, -0.2) is 23.2 Å². The third-order valence-corrected chi connectivity index (χ3v) is 5.12. The number of amides is 1. The van der Waals surface area contributed by atoms with Gasteiger partial charge in [-0.25, -0.2) is 0 Å². The first-order chi connectivity index (χ1) is 9.80. The van der Waals surface area contributed by atoms with Gasteiger partial charge in [0, 0.05) is 26.9 Å². The molecule has 4 nitrogen and oxygen atoms in total. The van der Waals surface area contributed by atoms with Crippen molar-refractivity contribution in [3.8, 4) is 0 Å². The topological polar surface area (TPSA) is 62.5 Å². The number of aliphatic hydroxyl groups excluding tert-OH is 1. The minimum Gasteiger partial charge on any atom is -0.451 e. The number of rotatable bonds is 2. The predicted molar refractivity (Wildman–Crippen MR) is 84.3 cm³/mol. The molecular formula is C16H18BrNO3. The number of carbonyl (C=O) groups is 1. The van der Waals surface area contributed by atoms with E-state index in [4.69, 9.17) is 4.42 Å². The van der Waals surface area contributed by atoms with Gasteiger partial charge in [0.15, 0.2) is 5.76 Å². The Morgan fingerprint density at radius 1 is 1.48 bits per heavy atom. The van der Waals surface area contributed by atoms with Crippen LogP contribution in [0.15, 0.2) is 27.1 Å². The Morgan fingerprint density at radius 3 is 2.81 bits per heavy atom. The van der Waals surface area contributed by atoms with Crippen molar-refractivity contribution in [1.29, 1.82) is 0 Å². The zero-order valence-electron chi connectivity index (χ0n) is 12.2. The highest BCUT2D eigenvalue weighted by atomic mass is 79.9. The number of aryl methyl sites for hydroxylation is 1. The van der Waals surface area contributed by atoms with E-state index >= 15 is 0 Å². The van der Waals surface area contributed by atoms with Gasteiger partial charge in [0.25, 0.3) is 5.91 Å². The van der Waals surface area contributed by atoms with Crippen LogP contribution in [0, 0.1) is 12.3 Å². The van der Waals surface area contributed by atoms with E-state index in [1.54, 1.807) is 0 Å². The molecule has 1 amide bonds. The van der Waals surface area contributed by atoms with Crippen LogP contribution < -0.4 is 5.32 Å². The number of fused-ring (bicyclic) bond motifs is 1. The summed E-state index contributed by atoms with van der Waals surface area (Å²) in [5.41, 5.74) is 1.24. The van der Waals surface area contributed by atoms with Crippen molar-refractivity contribution in [2.24, 2.45) is 5.41 Å². The fourth-order valence-electron chi connectivity index (χ4n) is 2.78. The van der Waals surface area contributed by atoms with Crippen LogP contribution in [0.2, 0.25) is 0 Å². The molecule has 2 unspecified atom stereocenters. The van der Waals surface area contributed by atoms with Crippen molar-refractivity contribution in [3.63, 3.8) is 0 Å². The van der Waals surface area contributed by atoms with Crippen molar-refractivity contribution in [2.45, 2.75) is 39.3 Å². The summed E-state index contributed by atoms with van der Waals surface area (Å²) < 4.78 is 6.64. The van der Waals surface area contributed by atoms with Gasteiger partial charge in [-0.1, -0.05) is 29.8 Å². The number of hydrogen-bond donors (Lipinski definition) is 2. The maximum atomic E-state index is 12.4. The van der Waals surface area contributed by atoms with Crippen molar-refractivity contribution in [3.05, 3.63) is 34.0 Å². The summed E-state index contributed by atoms with van der Waals surface area (Å²) in [6.07, 6.45) is 0.222. The average Bonchev–Trinajstić information content (AvgIpc) is 2.75. The quantitative estimate of drug-likeness (QED) is 0.871. The highest BCUT2D eigenvalue weighted by molar-refractivity contribution is 9.10.